The van der Waals surface area contributed by atoms with Gasteiger partial charge in [-0.05, 0) is 43.4 Å². The normalized spacial score (nSPS) is 15.5. The highest BCUT2D eigenvalue weighted by molar-refractivity contribution is 6.10. The smallest absolute Gasteiger partial charge is 0.356 e. The zero-order chi connectivity index (χ0) is 21.3. The fourth-order valence-corrected chi connectivity index (χ4v) is 4.28. The molecule has 0 spiro atoms. The second kappa shape index (κ2) is 8.18. The maximum absolute atomic E-state index is 12.4. The van der Waals surface area contributed by atoms with Crippen LogP contribution in [-0.2, 0) is 28.9 Å². The summed E-state index contributed by atoms with van der Waals surface area (Å²) in [5.41, 5.74) is 5.04. The minimum atomic E-state index is -0.503. The quantitative estimate of drug-likeness (QED) is 0.630. The van der Waals surface area contributed by atoms with E-state index in [0.29, 0.717) is 35.0 Å². The largest absolute Gasteiger partial charge is 0.464 e. The molecule has 0 radical (unpaired) electrons. The number of benzene rings is 1. The van der Waals surface area contributed by atoms with Crippen molar-refractivity contribution in [3.8, 4) is 0 Å². The molecule has 0 saturated carbocycles. The topological polar surface area (TPSA) is 85.2 Å². The second-order valence-corrected chi connectivity index (χ2v) is 7.59. The summed E-state index contributed by atoms with van der Waals surface area (Å²) in [5, 5.41) is 7.10. The van der Waals surface area contributed by atoms with Crippen LogP contribution in [0.4, 0.5) is 11.4 Å². The minimum absolute atomic E-state index is 0.252. The Morgan fingerprint density at radius 1 is 1.27 bits per heavy atom. The average molecular weight is 406 g/mol. The Morgan fingerprint density at radius 2 is 2.03 bits per heavy atom. The Balaban J connectivity index is 1.71. The van der Waals surface area contributed by atoms with Gasteiger partial charge in [-0.3, -0.25) is 4.79 Å². The molecule has 1 aromatic carbocycles. The Labute approximate surface area is 175 Å². The van der Waals surface area contributed by atoms with Crippen LogP contribution >= 0.6 is 0 Å². The lowest BCUT2D eigenvalue weighted by molar-refractivity contribution is -0.114. The van der Waals surface area contributed by atoms with Gasteiger partial charge in [0.05, 0.1) is 24.7 Å². The van der Waals surface area contributed by atoms with Gasteiger partial charge in [0.2, 0.25) is 5.91 Å². The predicted octanol–water partition coefficient (Wildman–Crippen LogP) is 3.77. The highest BCUT2D eigenvalue weighted by Crippen LogP contribution is 2.33. The Morgan fingerprint density at radius 3 is 2.73 bits per heavy atom. The number of carbonyl (C=O) groups excluding carboxylic acids is 2. The number of amides is 1. The van der Waals surface area contributed by atoms with Crippen LogP contribution in [0, 0.1) is 0 Å². The van der Waals surface area contributed by atoms with E-state index in [1.165, 1.54) is 25.2 Å². The van der Waals surface area contributed by atoms with Gasteiger partial charge in [0, 0.05) is 24.9 Å². The molecule has 1 aliphatic rings. The van der Waals surface area contributed by atoms with Gasteiger partial charge >= 0.3 is 5.97 Å². The van der Waals surface area contributed by atoms with E-state index in [1.807, 2.05) is 13.0 Å². The molecule has 3 aromatic rings. The van der Waals surface area contributed by atoms with Crippen LogP contribution in [0.1, 0.15) is 41.9 Å². The molecule has 2 aromatic heterocycles. The molecule has 0 fully saturated rings. The van der Waals surface area contributed by atoms with Crippen LogP contribution in [0.5, 0.6) is 0 Å². The molecule has 0 unspecified atom stereocenters. The van der Waals surface area contributed by atoms with Crippen molar-refractivity contribution in [3.05, 3.63) is 53.3 Å². The van der Waals surface area contributed by atoms with Crippen LogP contribution in [0.3, 0.4) is 0 Å². The minimum Gasteiger partial charge on any atom is -0.464 e. The predicted molar refractivity (Wildman–Crippen MR) is 117 cm³/mol. The van der Waals surface area contributed by atoms with Crippen LogP contribution in [0.25, 0.3) is 11.0 Å². The third kappa shape index (κ3) is 3.63. The third-order valence-corrected chi connectivity index (χ3v) is 5.61. The van der Waals surface area contributed by atoms with Crippen LogP contribution in [0.15, 0.2) is 36.5 Å². The van der Waals surface area contributed by atoms with E-state index in [2.05, 4.69) is 39.9 Å². The number of hydrogen-bond donors (Lipinski definition) is 2. The van der Waals surface area contributed by atoms with Crippen molar-refractivity contribution < 1.29 is 14.3 Å². The van der Waals surface area contributed by atoms with E-state index >= 15 is 0 Å². The Kier molecular flexibility index (Phi) is 5.44. The van der Waals surface area contributed by atoms with Crippen LogP contribution < -0.4 is 10.6 Å². The molecule has 7 heteroatoms. The molecule has 0 saturated heterocycles. The number of rotatable bonds is 5. The Hall–Kier alpha value is -3.35. The van der Waals surface area contributed by atoms with Crippen molar-refractivity contribution in [2.75, 3.05) is 17.7 Å². The van der Waals surface area contributed by atoms with Gasteiger partial charge in [-0.25, -0.2) is 9.78 Å². The second-order valence-electron chi connectivity index (χ2n) is 7.59. The average Bonchev–Trinajstić information content (AvgIpc) is 3.05. The highest BCUT2D eigenvalue weighted by Gasteiger charge is 2.25. The monoisotopic (exact) mass is 406 g/mol. The first kappa shape index (κ1) is 19.9. The van der Waals surface area contributed by atoms with Gasteiger partial charge in [-0.15, -0.1) is 0 Å². The van der Waals surface area contributed by atoms with Gasteiger partial charge in [0.1, 0.15) is 5.65 Å². The fourth-order valence-electron chi connectivity index (χ4n) is 4.28. The number of carbonyl (C=O) groups is 2. The zero-order valence-corrected chi connectivity index (χ0v) is 17.5. The number of ether oxygens (including phenoxy) is 1. The molecule has 1 amide bonds. The van der Waals surface area contributed by atoms with Gasteiger partial charge in [-0.2, -0.15) is 0 Å². The molecule has 156 valence electrons. The van der Waals surface area contributed by atoms with E-state index in [4.69, 9.17) is 4.74 Å². The standard InChI is InChI=1S/C23H26N4O3/c1-4-27-21(23(29)30-3)20(25-14(2)28)19-12-18(13-24-22(19)27)26-17-10-9-15-7-5-6-8-16(15)11-17/h5-8,12-13,17,26H,4,9-11H2,1-3H3,(H,25,28)/t17-/m1/s1. The van der Waals surface area contributed by atoms with Gasteiger partial charge in [0.25, 0.3) is 0 Å². The van der Waals surface area contributed by atoms with Crippen molar-refractivity contribution in [2.24, 2.45) is 0 Å². The first-order valence-corrected chi connectivity index (χ1v) is 10.2. The van der Waals surface area contributed by atoms with Gasteiger partial charge < -0.3 is 19.9 Å². The summed E-state index contributed by atoms with van der Waals surface area (Å²) in [6.07, 6.45) is 4.82. The molecular weight excluding hydrogens is 380 g/mol. The van der Waals surface area contributed by atoms with Crippen molar-refractivity contribution in [2.45, 2.75) is 45.7 Å². The maximum Gasteiger partial charge on any atom is 0.356 e. The van der Waals surface area contributed by atoms with E-state index in [1.54, 1.807) is 10.8 Å². The summed E-state index contributed by atoms with van der Waals surface area (Å²) in [6, 6.07) is 10.8. The zero-order valence-electron chi connectivity index (χ0n) is 17.5. The number of esters is 1. The summed E-state index contributed by atoms with van der Waals surface area (Å²) in [6.45, 7) is 3.88. The lowest BCUT2D eigenvalue weighted by Gasteiger charge is -2.26. The molecule has 30 heavy (non-hydrogen) atoms. The van der Waals surface area contributed by atoms with E-state index < -0.39 is 5.97 Å². The molecule has 4 rings (SSSR count). The summed E-state index contributed by atoms with van der Waals surface area (Å²) in [4.78, 5) is 28.9. The van der Waals surface area contributed by atoms with Gasteiger partial charge in [0.15, 0.2) is 5.69 Å². The van der Waals surface area contributed by atoms with E-state index in [9.17, 15) is 9.59 Å². The molecule has 1 aliphatic carbocycles. The molecule has 1 atom stereocenters. The summed E-state index contributed by atoms with van der Waals surface area (Å²) in [5.74, 6) is -0.755. The molecule has 2 N–H and O–H groups in total. The maximum atomic E-state index is 12.4. The molecule has 0 bridgehead atoms. The number of aryl methyl sites for hydroxylation is 2. The first-order chi connectivity index (χ1) is 14.5. The van der Waals surface area contributed by atoms with Crippen molar-refractivity contribution in [1.29, 1.82) is 0 Å². The molecular formula is C23H26N4O3. The molecule has 7 nitrogen and oxygen atoms in total. The summed E-state index contributed by atoms with van der Waals surface area (Å²) < 4.78 is 6.73. The SMILES string of the molecule is CCn1c(C(=O)OC)c(NC(C)=O)c2cc(N[C@@H]3CCc4ccccc4C3)cnc21. The highest BCUT2D eigenvalue weighted by atomic mass is 16.5. The molecule has 0 aliphatic heterocycles. The number of methoxy groups -OCH3 is 1. The van der Waals surface area contributed by atoms with E-state index in [-0.39, 0.29) is 5.91 Å². The van der Waals surface area contributed by atoms with Crippen LogP contribution in [-0.4, -0.2) is 34.6 Å². The Bertz CT molecular complexity index is 1120. The fraction of sp³-hybridized carbons (Fsp3) is 0.348. The number of nitrogens with one attached hydrogen (secondary N) is 2. The summed E-state index contributed by atoms with van der Waals surface area (Å²) in [7, 11) is 1.33. The van der Waals surface area contributed by atoms with Crippen molar-refractivity contribution in [3.63, 3.8) is 0 Å². The number of aromatic nitrogens is 2. The number of hydrogen-bond acceptors (Lipinski definition) is 5. The van der Waals surface area contributed by atoms with Crippen molar-refractivity contribution >= 4 is 34.3 Å². The first-order valence-electron chi connectivity index (χ1n) is 10.2. The number of nitrogens with zero attached hydrogens (tertiary/aromatic N) is 2. The third-order valence-electron chi connectivity index (χ3n) is 5.61. The number of pyridine rings is 1. The van der Waals surface area contributed by atoms with E-state index in [0.717, 1.165) is 24.9 Å². The molecule has 2 heterocycles. The van der Waals surface area contributed by atoms with Gasteiger partial charge in [-0.1, -0.05) is 24.3 Å². The lowest BCUT2D eigenvalue weighted by Crippen LogP contribution is -2.27. The van der Waals surface area contributed by atoms with Crippen LogP contribution in [0.2, 0.25) is 0 Å². The number of fused-ring (bicyclic) bond motifs is 2. The van der Waals surface area contributed by atoms with Crippen molar-refractivity contribution in [1.82, 2.24) is 9.55 Å². The number of anilines is 2. The summed E-state index contributed by atoms with van der Waals surface area (Å²) >= 11 is 0. The lowest BCUT2D eigenvalue weighted by atomic mass is 9.88.